The second-order valence-corrected chi connectivity index (χ2v) is 6.61. The molecule has 0 aliphatic heterocycles. The Morgan fingerprint density at radius 3 is 1.37 bits per heavy atom. The summed E-state index contributed by atoms with van der Waals surface area (Å²) < 4.78 is 0. The first-order chi connectivity index (χ1) is 11.6. The van der Waals surface area contributed by atoms with Gasteiger partial charge in [-0.1, -0.05) is 51.0 Å². The van der Waals surface area contributed by atoms with Gasteiger partial charge in [0.15, 0.2) is 0 Å². The van der Waals surface area contributed by atoms with Crippen LogP contribution in [0.4, 0.5) is 0 Å². The molecule has 4 rings (SSSR count). The van der Waals surface area contributed by atoms with E-state index in [0.717, 1.165) is 12.8 Å². The van der Waals surface area contributed by atoms with Gasteiger partial charge in [0.25, 0.3) is 0 Å². The number of rotatable bonds is 2. The molecule has 0 fully saturated rings. The number of fused-ring (bicyclic) bond motifs is 2. The maximum Gasteiger partial charge on any atom is 4.00 e. The fourth-order valence-corrected chi connectivity index (χ4v) is 3.52. The molecule has 0 radical (unpaired) electrons. The van der Waals surface area contributed by atoms with E-state index in [2.05, 4.69) is 88.4 Å². The summed E-state index contributed by atoms with van der Waals surface area (Å²) in [6, 6.07) is 22.1. The largest absolute Gasteiger partial charge is 4.00 e. The zero-order valence-corrected chi connectivity index (χ0v) is 18.9. The molecule has 0 atom stereocenters. The Kier molecular flexibility index (Phi) is 10.6. The Balaban J connectivity index is 0.000000451. The summed E-state index contributed by atoms with van der Waals surface area (Å²) in [5.41, 5.74) is 5.65. The molecule has 27 heavy (non-hydrogen) atoms. The zero-order chi connectivity index (χ0) is 17.1. The Morgan fingerprint density at radius 2 is 1.04 bits per heavy atom. The molecule has 0 spiro atoms. The molecule has 0 heterocycles. The number of halogens is 2. The molecule has 0 nitrogen and oxygen atoms in total. The van der Waals surface area contributed by atoms with Crippen LogP contribution in [0.2, 0.25) is 0 Å². The van der Waals surface area contributed by atoms with Crippen molar-refractivity contribution in [3.05, 3.63) is 82.9 Å². The van der Waals surface area contributed by atoms with E-state index in [9.17, 15) is 0 Å². The van der Waals surface area contributed by atoms with Gasteiger partial charge in [-0.2, -0.15) is 12.1 Å². The van der Waals surface area contributed by atoms with E-state index in [1.807, 2.05) is 0 Å². The Hall–Kier alpha value is -1.60. The molecule has 0 aliphatic carbocycles. The van der Waals surface area contributed by atoms with Crippen molar-refractivity contribution in [3.63, 3.8) is 0 Å². The second-order valence-electron chi connectivity index (χ2n) is 6.61. The molecule has 0 saturated carbocycles. The third-order valence-electron chi connectivity index (χ3n) is 4.73. The van der Waals surface area contributed by atoms with Crippen molar-refractivity contribution in [1.29, 1.82) is 0 Å². The maximum atomic E-state index is 2.27. The summed E-state index contributed by atoms with van der Waals surface area (Å²) in [4.78, 5) is 0. The minimum atomic E-state index is 0. The average molecular weight is 444 g/mol. The smallest absolute Gasteiger partial charge is 1.00 e. The third kappa shape index (κ3) is 5.69. The summed E-state index contributed by atoms with van der Waals surface area (Å²) in [5.74, 6) is 0. The minimum Gasteiger partial charge on any atom is -1.00 e. The van der Waals surface area contributed by atoms with Crippen LogP contribution in [0.25, 0.3) is 21.5 Å². The van der Waals surface area contributed by atoms with Gasteiger partial charge in [-0.3, -0.25) is 0 Å². The zero-order valence-electron chi connectivity index (χ0n) is 16.4. The number of aryl methyl sites for hydroxylation is 4. The van der Waals surface area contributed by atoms with Gasteiger partial charge in [-0.05, 0) is 12.8 Å². The van der Waals surface area contributed by atoms with Crippen molar-refractivity contribution < 1.29 is 35.6 Å². The van der Waals surface area contributed by atoms with Gasteiger partial charge in [-0.25, -0.2) is 0 Å². The topological polar surface area (TPSA) is 0 Å². The first-order valence-corrected chi connectivity index (χ1v) is 8.92. The predicted octanol–water partition coefficient (Wildman–Crippen LogP) is 0.865. The number of hydrogen-bond donors (Lipinski definition) is 0. The van der Waals surface area contributed by atoms with Gasteiger partial charge in [0.2, 0.25) is 0 Å². The summed E-state index contributed by atoms with van der Waals surface area (Å²) in [6.45, 7) is 8.72. The van der Waals surface area contributed by atoms with Gasteiger partial charge in [-0.15, -0.1) is 69.1 Å². The van der Waals surface area contributed by atoms with Gasteiger partial charge in [0.05, 0.1) is 0 Å². The van der Waals surface area contributed by atoms with E-state index < -0.39 is 0 Å². The van der Waals surface area contributed by atoms with Gasteiger partial charge in [0, 0.05) is 0 Å². The van der Waals surface area contributed by atoms with Crippen LogP contribution in [0, 0.1) is 13.8 Å². The molecule has 0 amide bonds. The molecular formula is C24H26F2Zr. The maximum absolute atomic E-state index is 2.27. The van der Waals surface area contributed by atoms with Crippen LogP contribution in [0.15, 0.2) is 60.7 Å². The summed E-state index contributed by atoms with van der Waals surface area (Å²) in [5, 5.41) is 5.62. The van der Waals surface area contributed by atoms with Crippen LogP contribution < -0.4 is 9.41 Å². The van der Waals surface area contributed by atoms with Crippen LogP contribution >= 0.6 is 0 Å². The SMILES string of the molecule is CCc1cccc2[cH-]c(C)cc12.CCc1cccc2[cH-]c(C)cc12.[F-].[F-].[Zr+4]. The molecule has 3 heteroatoms. The number of benzene rings is 2. The van der Waals surface area contributed by atoms with Crippen molar-refractivity contribution >= 4 is 21.5 Å². The van der Waals surface area contributed by atoms with Crippen molar-refractivity contribution in [2.75, 3.05) is 0 Å². The van der Waals surface area contributed by atoms with Crippen molar-refractivity contribution in [2.24, 2.45) is 0 Å². The predicted molar refractivity (Wildman–Crippen MR) is 107 cm³/mol. The molecular weight excluding hydrogens is 417 g/mol. The molecule has 140 valence electrons. The molecule has 0 aromatic heterocycles. The quantitative estimate of drug-likeness (QED) is 0.403. The van der Waals surface area contributed by atoms with Gasteiger partial charge in [0.1, 0.15) is 0 Å². The van der Waals surface area contributed by atoms with Crippen LogP contribution in [0.3, 0.4) is 0 Å². The first kappa shape index (κ1) is 25.4. The third-order valence-corrected chi connectivity index (χ3v) is 4.73. The van der Waals surface area contributed by atoms with E-state index in [4.69, 9.17) is 0 Å². The van der Waals surface area contributed by atoms with Crippen molar-refractivity contribution in [3.8, 4) is 0 Å². The molecule has 4 aromatic rings. The average Bonchev–Trinajstić information content (AvgIpc) is 3.15. The summed E-state index contributed by atoms with van der Waals surface area (Å²) >= 11 is 0. The van der Waals surface area contributed by atoms with E-state index in [1.165, 1.54) is 43.8 Å². The molecule has 0 saturated heterocycles. The van der Waals surface area contributed by atoms with Gasteiger partial charge >= 0.3 is 26.2 Å². The Bertz CT molecular complexity index is 883. The molecule has 0 bridgehead atoms. The summed E-state index contributed by atoms with van der Waals surface area (Å²) in [6.07, 6.45) is 2.25. The van der Waals surface area contributed by atoms with Crippen molar-refractivity contribution in [1.82, 2.24) is 0 Å². The minimum absolute atomic E-state index is 0. The van der Waals surface area contributed by atoms with Gasteiger partial charge < -0.3 is 9.41 Å². The fourth-order valence-electron chi connectivity index (χ4n) is 3.52. The molecule has 0 aliphatic rings. The van der Waals surface area contributed by atoms with E-state index in [0.29, 0.717) is 0 Å². The van der Waals surface area contributed by atoms with Crippen molar-refractivity contribution in [2.45, 2.75) is 40.5 Å². The molecule has 0 N–H and O–H groups in total. The van der Waals surface area contributed by atoms with Crippen LogP contribution in [0.5, 0.6) is 0 Å². The fraction of sp³-hybridized carbons (Fsp3) is 0.250. The number of hydrogen-bond acceptors (Lipinski definition) is 0. The standard InChI is InChI=1S/2C12H13.2FH.Zr/c2*1-3-10-5-4-6-11-7-9(2)8-12(10)11;;;/h2*4-8H,3H2,1-2H3;2*1H;/q2*-1;;;+4/p-2. The van der Waals surface area contributed by atoms with Crippen LogP contribution in [0.1, 0.15) is 36.1 Å². The summed E-state index contributed by atoms with van der Waals surface area (Å²) in [7, 11) is 0. The van der Waals surface area contributed by atoms with E-state index >= 15 is 0 Å². The van der Waals surface area contributed by atoms with Crippen LogP contribution in [-0.2, 0) is 39.0 Å². The van der Waals surface area contributed by atoms with E-state index in [-0.39, 0.29) is 35.6 Å². The Morgan fingerprint density at radius 1 is 0.667 bits per heavy atom. The van der Waals surface area contributed by atoms with Crippen LogP contribution in [-0.4, -0.2) is 0 Å². The van der Waals surface area contributed by atoms with E-state index in [1.54, 1.807) is 0 Å². The normalized spacial score (nSPS) is 9.63. The molecule has 4 aromatic carbocycles. The monoisotopic (exact) mass is 442 g/mol. The molecule has 0 unspecified atom stereocenters. The Labute approximate surface area is 180 Å². The first-order valence-electron chi connectivity index (χ1n) is 8.92. The second kappa shape index (κ2) is 11.3.